The molecule has 12 fully saturated rings. The molecule has 100 heavy (non-hydrogen) atoms. The van der Waals surface area contributed by atoms with E-state index in [1.54, 1.807) is 16.7 Å². The van der Waals surface area contributed by atoms with Crippen molar-refractivity contribution in [2.45, 2.75) is 349 Å². The van der Waals surface area contributed by atoms with Crippen LogP contribution in [0.2, 0.25) is 0 Å². The molecule has 568 valence electrons. The van der Waals surface area contributed by atoms with Gasteiger partial charge in [-0.15, -0.1) is 0 Å². The number of rotatable bonds is 3. The van der Waals surface area contributed by atoms with Crippen molar-refractivity contribution in [1.29, 1.82) is 0 Å². The molecule has 0 bridgehead atoms. The second kappa shape index (κ2) is 23.8. The zero-order chi connectivity index (χ0) is 73.6. The van der Waals surface area contributed by atoms with Crippen LogP contribution in [0.15, 0.2) is 34.9 Å². The van der Waals surface area contributed by atoms with Gasteiger partial charge < -0.3 is 46.0 Å². The van der Waals surface area contributed by atoms with Gasteiger partial charge in [-0.3, -0.25) is 4.79 Å². The molecule has 15 aliphatic rings. The Morgan fingerprint density at radius 1 is 0.330 bits per heavy atom. The van der Waals surface area contributed by atoms with Gasteiger partial charge in [0.2, 0.25) is 0 Å². The summed E-state index contributed by atoms with van der Waals surface area (Å²) >= 11 is 0. The molecule has 9 N–H and O–H groups in total. The number of Topliss-reactive ketones (excluding diaryl/α,β-unsaturated/α-hetero) is 1. The number of allylic oxidation sites excluding steroid dienone is 6. The highest BCUT2D eigenvalue weighted by atomic mass is 16.3. The molecule has 30 atom stereocenters. The van der Waals surface area contributed by atoms with Crippen molar-refractivity contribution >= 4 is 5.78 Å². The van der Waals surface area contributed by atoms with E-state index in [1.807, 2.05) is 0 Å². The Bertz CT molecular complexity index is 3290. The summed E-state index contributed by atoms with van der Waals surface area (Å²) in [7, 11) is 0. The van der Waals surface area contributed by atoms with Crippen molar-refractivity contribution in [2.75, 3.05) is 19.8 Å². The second-order valence-electron chi connectivity index (χ2n) is 45.3. The third-order valence-corrected chi connectivity index (χ3v) is 39.7. The van der Waals surface area contributed by atoms with Gasteiger partial charge >= 0.3 is 0 Å². The molecule has 0 heterocycles. The van der Waals surface area contributed by atoms with E-state index in [0.717, 1.165) is 148 Å². The summed E-state index contributed by atoms with van der Waals surface area (Å²) in [5.41, 5.74) is 4.54. The van der Waals surface area contributed by atoms with Crippen LogP contribution < -0.4 is 0 Å². The monoisotopic (exact) mass is 1390 g/mol. The number of carbonyl (C=O) groups excluding carboxylic acids is 1. The van der Waals surface area contributed by atoms with Gasteiger partial charge in [0.25, 0.3) is 0 Å². The largest absolute Gasteiger partial charge is 0.396 e. The zero-order valence-electron chi connectivity index (χ0n) is 67.3. The maximum atomic E-state index is 13.4. The van der Waals surface area contributed by atoms with Gasteiger partial charge in [0.1, 0.15) is 5.78 Å². The first kappa shape index (κ1) is 76.7. The van der Waals surface area contributed by atoms with E-state index in [9.17, 15) is 50.8 Å². The summed E-state index contributed by atoms with van der Waals surface area (Å²) in [6.07, 6.45) is 31.9. The maximum absolute atomic E-state index is 13.4. The van der Waals surface area contributed by atoms with Crippen LogP contribution in [-0.2, 0) is 4.79 Å². The van der Waals surface area contributed by atoms with Crippen LogP contribution in [0.4, 0.5) is 0 Å². The van der Waals surface area contributed by atoms with Crippen LogP contribution in [0.5, 0.6) is 0 Å². The Balaban J connectivity index is 0.000000134. The summed E-state index contributed by atoms with van der Waals surface area (Å²) in [5.74, 6) is 4.41. The Morgan fingerprint density at radius 3 is 1.05 bits per heavy atom. The molecule has 15 rings (SSSR count). The summed E-state index contributed by atoms with van der Waals surface area (Å²) in [6.45, 7) is 49.9. The summed E-state index contributed by atoms with van der Waals surface area (Å²) in [4.78, 5) is 13.4. The fourth-order valence-corrected chi connectivity index (χ4v) is 31.9. The lowest BCUT2D eigenvalue weighted by Gasteiger charge is -2.72. The third-order valence-electron chi connectivity index (χ3n) is 39.7. The normalized spacial score (nSPS) is 57.3. The van der Waals surface area contributed by atoms with Gasteiger partial charge in [0.15, 0.2) is 0 Å². The summed E-state index contributed by atoms with van der Waals surface area (Å²) in [5, 5.41) is 97.5. The first-order valence-electron chi connectivity index (χ1n) is 41.5. The highest BCUT2D eigenvalue weighted by Gasteiger charge is 2.74. The van der Waals surface area contributed by atoms with Gasteiger partial charge in [0, 0.05) is 38.9 Å². The van der Waals surface area contributed by atoms with Crippen LogP contribution in [0.25, 0.3) is 0 Å². The fourth-order valence-electron chi connectivity index (χ4n) is 31.9. The molecular weight excluding hydrogens is 1240 g/mol. The van der Waals surface area contributed by atoms with Crippen molar-refractivity contribution in [3.63, 3.8) is 0 Å². The van der Waals surface area contributed by atoms with Crippen LogP contribution >= 0.6 is 0 Å². The molecule has 0 aromatic carbocycles. The molecule has 10 heteroatoms. The number of ketones is 1. The van der Waals surface area contributed by atoms with Crippen LogP contribution in [0.1, 0.15) is 312 Å². The average molecular weight is 1390 g/mol. The van der Waals surface area contributed by atoms with Crippen LogP contribution in [0, 0.1) is 151 Å². The molecular formula is C90H148O10. The highest BCUT2D eigenvalue weighted by Crippen LogP contribution is 2.80. The maximum Gasteiger partial charge on any atom is 0.139 e. The lowest BCUT2D eigenvalue weighted by atomic mass is 9.33. The van der Waals surface area contributed by atoms with Gasteiger partial charge in [-0.2, -0.15) is 0 Å². The van der Waals surface area contributed by atoms with E-state index in [2.05, 4.69) is 164 Å². The molecule has 0 saturated heterocycles. The van der Waals surface area contributed by atoms with E-state index >= 15 is 0 Å². The highest BCUT2D eigenvalue weighted by molar-refractivity contribution is 5.87. The number of aliphatic hydroxyl groups excluding tert-OH is 9. The molecule has 0 amide bonds. The van der Waals surface area contributed by atoms with E-state index in [1.165, 1.54) is 19.3 Å². The number of carbonyl (C=O) groups is 1. The molecule has 15 aliphatic carbocycles. The predicted molar refractivity (Wildman–Crippen MR) is 401 cm³/mol. The van der Waals surface area contributed by atoms with Gasteiger partial charge in [0.05, 0.1) is 56.4 Å². The Morgan fingerprint density at radius 2 is 0.670 bits per heavy atom. The zero-order valence-corrected chi connectivity index (χ0v) is 67.3. The average Bonchev–Trinajstić information content (AvgIpc) is 0.685. The molecule has 24 unspecified atom stereocenters. The first-order valence-corrected chi connectivity index (χ1v) is 41.5. The quantitative estimate of drug-likeness (QED) is 0.123. The van der Waals surface area contributed by atoms with E-state index in [4.69, 9.17) is 0 Å². The van der Waals surface area contributed by atoms with Gasteiger partial charge in [-0.1, -0.05) is 180 Å². The minimum absolute atomic E-state index is 0.00950. The lowest BCUT2D eigenvalue weighted by Crippen LogP contribution is -2.67. The van der Waals surface area contributed by atoms with E-state index in [0.29, 0.717) is 59.0 Å². The molecule has 10 nitrogen and oxygen atoms in total. The van der Waals surface area contributed by atoms with Crippen LogP contribution in [-0.4, -0.2) is 108 Å². The lowest BCUT2D eigenvalue weighted by molar-refractivity contribution is -0.225. The van der Waals surface area contributed by atoms with Crippen molar-refractivity contribution in [3.05, 3.63) is 34.9 Å². The summed E-state index contributed by atoms with van der Waals surface area (Å²) in [6, 6.07) is 0. The Kier molecular flexibility index (Phi) is 18.2. The smallest absolute Gasteiger partial charge is 0.139 e. The molecule has 0 aromatic heterocycles. The van der Waals surface area contributed by atoms with Crippen molar-refractivity contribution in [1.82, 2.24) is 0 Å². The second-order valence-corrected chi connectivity index (χ2v) is 45.3. The number of aliphatic hydroxyl groups is 9. The molecule has 0 spiro atoms. The van der Waals surface area contributed by atoms with Crippen molar-refractivity contribution in [3.8, 4) is 0 Å². The van der Waals surface area contributed by atoms with Crippen molar-refractivity contribution < 1.29 is 50.8 Å². The number of hydrogen-bond donors (Lipinski definition) is 9. The standard InChI is InChI=1S/C30H50O4.C30H50O3.C30H48O3/c1-25(2)16-19-18-8-9-21-27(4)12-11-22(32)28(5,17-31)20(27)10-13-30(21,7)29(18,6)15-14-26(19,3)24(34)23(25)33;2*1-25(2)16-20-19-8-9-22-27(4)12-11-23(32)28(5,18-31)21(27)10-13-30(22,7)29(19,6)15-14-26(20,3)24(33)17-25/h8,19-24,31-34H,9-17H2,1-7H3;8,20-24,31-33H,9-18H2,1-7H3;8,20-23,31-32H,9-18H2,1-7H3/t19?,20?,21?,22?,23?,24?,26?,27?,28-,29-,30?;20?,21?,22?,23?,24?,26?,27?,28-,29-,30?;20?,21?,22?,23?,26?,27?,28-,29-,30?/m111/s1. The minimum Gasteiger partial charge on any atom is -0.396 e. The number of hydrogen-bond acceptors (Lipinski definition) is 10. The van der Waals surface area contributed by atoms with Gasteiger partial charge in [-0.05, 0) is 279 Å². The van der Waals surface area contributed by atoms with Gasteiger partial charge in [-0.25, -0.2) is 0 Å². The SMILES string of the molecule is CC1(C)CC(=O)C2(C)CC[C@]3(C)C(=CCC4C5(C)CCC(O)[C@](C)(CO)C5CCC43C)C2C1.CC1(C)CC(O)C2(C)CC[C@]3(C)C(=CCC4C5(C)CCC(O)[C@](C)(CO)C5CCC43C)C2C1.CC1(C)CC2C3=CCC4C5(C)CCC(O)[C@](C)(CO)C5CCC4(C)[C@]3(C)CCC2(C)C(O)C1O. The van der Waals surface area contributed by atoms with E-state index in [-0.39, 0.29) is 113 Å². The third kappa shape index (κ3) is 9.95. The minimum atomic E-state index is -0.685. The Labute approximate surface area is 607 Å². The molecule has 12 saturated carbocycles. The topological polar surface area (TPSA) is 199 Å². The number of fused-ring (bicyclic) bond motifs is 21. The fraction of sp³-hybridized carbons (Fsp3) is 0.922. The molecule has 0 radical (unpaired) electrons. The predicted octanol–water partition coefficient (Wildman–Crippen LogP) is 17.5. The Hall–Kier alpha value is -1.47. The molecule has 0 aromatic rings. The van der Waals surface area contributed by atoms with Crippen molar-refractivity contribution in [2.24, 2.45) is 151 Å². The van der Waals surface area contributed by atoms with Crippen LogP contribution in [0.3, 0.4) is 0 Å². The van der Waals surface area contributed by atoms with E-state index < -0.39 is 41.3 Å². The summed E-state index contributed by atoms with van der Waals surface area (Å²) < 4.78 is 0. The first-order chi connectivity index (χ1) is 46.0. The molecule has 0 aliphatic heterocycles.